The Hall–Kier alpha value is -1.88. The number of benzene rings is 1. The Kier molecular flexibility index (Phi) is 3.39. The Morgan fingerprint density at radius 2 is 2.35 bits per heavy atom. The van der Waals surface area contributed by atoms with E-state index in [2.05, 4.69) is 17.2 Å². The number of para-hydroxylation sites is 2. The van der Waals surface area contributed by atoms with Crippen LogP contribution in [0.3, 0.4) is 0 Å². The van der Waals surface area contributed by atoms with E-state index in [-0.39, 0.29) is 12.5 Å². The van der Waals surface area contributed by atoms with Gasteiger partial charge in [-0.05, 0) is 24.4 Å². The molecular weight excluding hydrogens is 234 g/mol. The van der Waals surface area contributed by atoms with Crippen molar-refractivity contribution >= 4 is 34.6 Å². The number of carbonyl (C=O) groups is 1. The second-order valence-corrected chi connectivity index (χ2v) is 4.01. The summed E-state index contributed by atoms with van der Waals surface area (Å²) in [5, 5.41) is 6.37. The quantitative estimate of drug-likeness (QED) is 0.614. The van der Waals surface area contributed by atoms with Gasteiger partial charge in [-0.2, -0.15) is 0 Å². The number of nitrogens with one attached hydrogen (secondary N) is 2. The average molecular weight is 247 g/mol. The molecule has 1 amide bonds. The molecular formula is C12H13N3OS. The third-order valence-corrected chi connectivity index (χ3v) is 2.78. The number of fused-ring (bicyclic) bond motifs is 1. The third-order valence-electron chi connectivity index (χ3n) is 2.41. The number of nitrogens with zero attached hydrogens (tertiary/aromatic N) is 1. The van der Waals surface area contributed by atoms with Crippen LogP contribution in [0.5, 0.6) is 0 Å². The largest absolute Gasteiger partial charge is 0.359 e. The molecule has 0 bridgehead atoms. The van der Waals surface area contributed by atoms with Crippen LogP contribution in [0.15, 0.2) is 36.9 Å². The summed E-state index contributed by atoms with van der Waals surface area (Å²) >= 11 is 5.26. The Labute approximate surface area is 105 Å². The second kappa shape index (κ2) is 4.97. The highest BCUT2D eigenvalue weighted by molar-refractivity contribution is 7.80. The smallest absolute Gasteiger partial charge is 0.244 e. The summed E-state index contributed by atoms with van der Waals surface area (Å²) in [7, 11) is 0. The fourth-order valence-electron chi connectivity index (χ4n) is 1.67. The molecule has 0 saturated carbocycles. The van der Waals surface area contributed by atoms with Crippen LogP contribution >= 0.6 is 12.2 Å². The highest BCUT2D eigenvalue weighted by atomic mass is 32.1. The van der Waals surface area contributed by atoms with Crippen molar-refractivity contribution in [2.75, 3.05) is 23.3 Å². The minimum atomic E-state index is -0.0635. The maximum atomic E-state index is 11.6. The van der Waals surface area contributed by atoms with Crippen LogP contribution in [0.4, 0.5) is 11.4 Å². The van der Waals surface area contributed by atoms with Gasteiger partial charge in [0.1, 0.15) is 6.54 Å². The van der Waals surface area contributed by atoms with E-state index in [1.54, 1.807) is 11.0 Å². The Morgan fingerprint density at radius 3 is 3.12 bits per heavy atom. The topological polar surface area (TPSA) is 44.4 Å². The molecule has 0 aromatic heterocycles. The van der Waals surface area contributed by atoms with Gasteiger partial charge in [-0.1, -0.05) is 18.2 Å². The lowest BCUT2D eigenvalue weighted by molar-refractivity contribution is -0.115. The molecule has 1 aromatic rings. The molecule has 2 N–H and O–H groups in total. The summed E-state index contributed by atoms with van der Waals surface area (Å²) < 4.78 is 0. The first-order valence-corrected chi connectivity index (χ1v) is 5.68. The molecule has 2 rings (SSSR count). The van der Waals surface area contributed by atoms with Crippen molar-refractivity contribution in [1.29, 1.82) is 0 Å². The number of rotatable bonds is 2. The van der Waals surface area contributed by atoms with Crippen LogP contribution in [-0.2, 0) is 4.79 Å². The lowest BCUT2D eigenvalue weighted by atomic mass is 10.2. The van der Waals surface area contributed by atoms with E-state index >= 15 is 0 Å². The molecule has 0 saturated heterocycles. The number of hydrogen-bond donors (Lipinski definition) is 2. The van der Waals surface area contributed by atoms with Crippen LogP contribution < -0.4 is 15.5 Å². The molecule has 4 nitrogen and oxygen atoms in total. The molecule has 88 valence electrons. The summed E-state index contributed by atoms with van der Waals surface area (Å²) in [6, 6.07) is 7.58. The van der Waals surface area contributed by atoms with Gasteiger partial charge in [-0.3, -0.25) is 4.79 Å². The minimum Gasteiger partial charge on any atom is -0.359 e. The molecule has 0 spiro atoms. The van der Waals surface area contributed by atoms with Gasteiger partial charge in [0, 0.05) is 6.54 Å². The molecule has 0 radical (unpaired) electrons. The van der Waals surface area contributed by atoms with Gasteiger partial charge in [0.15, 0.2) is 5.11 Å². The Bertz CT molecular complexity index is 473. The first kappa shape index (κ1) is 11.6. The minimum absolute atomic E-state index is 0.0635. The van der Waals surface area contributed by atoms with Gasteiger partial charge in [-0.25, -0.2) is 0 Å². The number of anilines is 2. The standard InChI is InChI=1S/C12H13N3OS/c1-2-7-13-12(17)15-8-11(16)14-9-5-3-4-6-10(9)15/h2-6H,1,7-8H2,(H,13,17)(H,14,16). The molecule has 0 fully saturated rings. The molecule has 1 aliphatic heterocycles. The van der Waals surface area contributed by atoms with Gasteiger partial charge in [-0.15, -0.1) is 6.58 Å². The molecule has 1 aromatic carbocycles. The number of amides is 1. The van der Waals surface area contributed by atoms with Crippen molar-refractivity contribution in [3.8, 4) is 0 Å². The van der Waals surface area contributed by atoms with E-state index < -0.39 is 0 Å². The zero-order valence-corrected chi connectivity index (χ0v) is 10.1. The lowest BCUT2D eigenvalue weighted by Crippen LogP contribution is -2.47. The molecule has 1 heterocycles. The lowest BCUT2D eigenvalue weighted by Gasteiger charge is -2.31. The van der Waals surface area contributed by atoms with Gasteiger partial charge in [0.05, 0.1) is 11.4 Å². The van der Waals surface area contributed by atoms with Crippen LogP contribution in [0.25, 0.3) is 0 Å². The van der Waals surface area contributed by atoms with E-state index in [0.717, 1.165) is 11.4 Å². The maximum absolute atomic E-state index is 11.6. The molecule has 1 aliphatic rings. The van der Waals surface area contributed by atoms with Crippen molar-refractivity contribution in [3.05, 3.63) is 36.9 Å². The monoisotopic (exact) mass is 247 g/mol. The van der Waals surface area contributed by atoms with Gasteiger partial charge in [0.2, 0.25) is 5.91 Å². The van der Waals surface area contributed by atoms with Gasteiger partial charge >= 0.3 is 0 Å². The summed E-state index contributed by atoms with van der Waals surface area (Å²) in [6.45, 7) is 4.44. The molecule has 5 heteroatoms. The average Bonchev–Trinajstić information content (AvgIpc) is 2.34. The first-order valence-electron chi connectivity index (χ1n) is 5.27. The Morgan fingerprint density at radius 1 is 1.59 bits per heavy atom. The van der Waals surface area contributed by atoms with Crippen molar-refractivity contribution in [1.82, 2.24) is 5.32 Å². The van der Waals surface area contributed by atoms with E-state index in [4.69, 9.17) is 12.2 Å². The summed E-state index contributed by atoms with van der Waals surface area (Å²) in [5.41, 5.74) is 1.69. The predicted octanol–water partition coefficient (Wildman–Crippen LogP) is 1.51. The number of hydrogen-bond acceptors (Lipinski definition) is 2. The van der Waals surface area contributed by atoms with E-state index in [1.165, 1.54) is 0 Å². The van der Waals surface area contributed by atoms with Gasteiger partial charge in [0.25, 0.3) is 0 Å². The van der Waals surface area contributed by atoms with E-state index in [1.807, 2.05) is 24.3 Å². The van der Waals surface area contributed by atoms with Gasteiger partial charge < -0.3 is 15.5 Å². The third kappa shape index (κ3) is 2.45. The maximum Gasteiger partial charge on any atom is 0.244 e. The SMILES string of the molecule is C=CCNC(=S)N1CC(=O)Nc2ccccc21. The zero-order valence-electron chi connectivity index (χ0n) is 9.27. The fourth-order valence-corrected chi connectivity index (χ4v) is 1.92. The van der Waals surface area contributed by atoms with E-state index in [0.29, 0.717) is 11.7 Å². The van der Waals surface area contributed by atoms with Crippen molar-refractivity contribution in [2.45, 2.75) is 0 Å². The molecule has 0 unspecified atom stereocenters. The summed E-state index contributed by atoms with van der Waals surface area (Å²) in [4.78, 5) is 13.3. The van der Waals surface area contributed by atoms with Crippen molar-refractivity contribution in [3.63, 3.8) is 0 Å². The van der Waals surface area contributed by atoms with E-state index in [9.17, 15) is 4.79 Å². The van der Waals surface area contributed by atoms with Crippen molar-refractivity contribution < 1.29 is 4.79 Å². The molecule has 0 aliphatic carbocycles. The van der Waals surface area contributed by atoms with Crippen LogP contribution in [-0.4, -0.2) is 24.1 Å². The second-order valence-electron chi connectivity index (χ2n) is 3.63. The summed E-state index contributed by atoms with van der Waals surface area (Å²) in [6.07, 6.45) is 1.72. The molecule has 0 atom stereocenters. The molecule has 17 heavy (non-hydrogen) atoms. The summed E-state index contributed by atoms with van der Waals surface area (Å²) in [5.74, 6) is -0.0635. The highest BCUT2D eigenvalue weighted by Gasteiger charge is 2.23. The van der Waals surface area contributed by atoms with Crippen LogP contribution in [0.1, 0.15) is 0 Å². The zero-order chi connectivity index (χ0) is 12.3. The first-order chi connectivity index (χ1) is 8.22. The number of carbonyl (C=O) groups excluding carboxylic acids is 1. The fraction of sp³-hybridized carbons (Fsp3) is 0.167. The number of thiocarbonyl (C=S) groups is 1. The van der Waals surface area contributed by atoms with Crippen molar-refractivity contribution in [2.24, 2.45) is 0 Å². The van der Waals surface area contributed by atoms with Crippen LogP contribution in [0.2, 0.25) is 0 Å². The Balaban J connectivity index is 2.26. The predicted molar refractivity (Wildman–Crippen MR) is 73.2 cm³/mol. The van der Waals surface area contributed by atoms with Crippen LogP contribution in [0, 0.1) is 0 Å². The normalized spacial score (nSPS) is 13.6. The highest BCUT2D eigenvalue weighted by Crippen LogP contribution is 2.28.